The largest absolute Gasteiger partial charge is 0.309 e. The van der Waals surface area contributed by atoms with Gasteiger partial charge in [-0.1, -0.05) is 61.9 Å². The molecular weight excluding hydrogens is 415 g/mol. The van der Waals surface area contributed by atoms with Gasteiger partial charge in [0.2, 0.25) is 5.91 Å². The van der Waals surface area contributed by atoms with Crippen molar-refractivity contribution >= 4 is 23.2 Å². The molecule has 0 saturated carbocycles. The minimum Gasteiger partial charge on any atom is -0.309 e. The fourth-order valence-electron chi connectivity index (χ4n) is 4.65. The molecule has 0 bridgehead atoms. The van der Waals surface area contributed by atoms with E-state index >= 15 is 0 Å². The highest BCUT2D eigenvalue weighted by atomic mass is 19.1. The molecular formula is C28H29FN2O2. The Morgan fingerprint density at radius 3 is 2.36 bits per heavy atom. The number of unbranched alkanes of at least 4 members (excludes halogenated alkanes) is 1. The van der Waals surface area contributed by atoms with E-state index in [1.807, 2.05) is 66.4 Å². The SMILES string of the molecule is CCCCC(=O)N1c2ccccc2[C@@H](N(C(=O)c2ccccc2F)c2ccccc2)C[C@@H]1C. The number of fused-ring (bicyclic) bond motifs is 1. The van der Waals surface area contributed by atoms with Gasteiger partial charge in [-0.3, -0.25) is 9.59 Å². The van der Waals surface area contributed by atoms with Crippen LogP contribution in [0.3, 0.4) is 0 Å². The van der Waals surface area contributed by atoms with Crippen LogP contribution in [-0.4, -0.2) is 17.9 Å². The molecule has 0 unspecified atom stereocenters. The second-order valence-corrected chi connectivity index (χ2v) is 8.52. The third-order valence-corrected chi connectivity index (χ3v) is 6.24. The van der Waals surface area contributed by atoms with Gasteiger partial charge in [0.1, 0.15) is 5.82 Å². The topological polar surface area (TPSA) is 40.6 Å². The number of amides is 2. The third kappa shape index (κ3) is 4.54. The molecule has 3 aromatic carbocycles. The summed E-state index contributed by atoms with van der Waals surface area (Å²) in [4.78, 5) is 30.4. The zero-order valence-electron chi connectivity index (χ0n) is 19.1. The Labute approximate surface area is 194 Å². The second-order valence-electron chi connectivity index (χ2n) is 8.52. The van der Waals surface area contributed by atoms with Crippen molar-refractivity contribution in [3.05, 3.63) is 95.8 Å². The fraction of sp³-hybridized carbons (Fsp3) is 0.286. The van der Waals surface area contributed by atoms with Gasteiger partial charge in [-0.05, 0) is 55.7 Å². The summed E-state index contributed by atoms with van der Waals surface area (Å²) in [6, 6.07) is 22.8. The van der Waals surface area contributed by atoms with E-state index in [9.17, 15) is 14.0 Å². The molecule has 4 rings (SSSR count). The summed E-state index contributed by atoms with van der Waals surface area (Å²) >= 11 is 0. The normalized spacial score (nSPS) is 17.4. The smallest absolute Gasteiger partial charge is 0.261 e. The van der Waals surface area contributed by atoms with E-state index in [0.717, 1.165) is 24.1 Å². The molecule has 33 heavy (non-hydrogen) atoms. The highest BCUT2D eigenvalue weighted by molar-refractivity contribution is 6.07. The number of hydrogen-bond acceptors (Lipinski definition) is 2. The molecule has 170 valence electrons. The first-order valence-electron chi connectivity index (χ1n) is 11.6. The van der Waals surface area contributed by atoms with E-state index in [1.54, 1.807) is 17.0 Å². The molecule has 4 nitrogen and oxygen atoms in total. The molecule has 0 N–H and O–H groups in total. The van der Waals surface area contributed by atoms with Crippen LogP contribution in [0.15, 0.2) is 78.9 Å². The van der Waals surface area contributed by atoms with Crippen LogP contribution in [0.1, 0.15) is 61.5 Å². The Morgan fingerprint density at radius 1 is 0.970 bits per heavy atom. The van der Waals surface area contributed by atoms with Crippen LogP contribution in [-0.2, 0) is 4.79 Å². The number of carbonyl (C=O) groups excluding carboxylic acids is 2. The molecule has 5 heteroatoms. The van der Waals surface area contributed by atoms with Gasteiger partial charge < -0.3 is 9.80 Å². The summed E-state index contributed by atoms with van der Waals surface area (Å²) < 4.78 is 14.6. The van der Waals surface area contributed by atoms with Crippen LogP contribution in [0.25, 0.3) is 0 Å². The van der Waals surface area contributed by atoms with Crippen molar-refractivity contribution in [2.45, 2.75) is 51.6 Å². The molecule has 1 aliphatic rings. The number of nitrogens with zero attached hydrogens (tertiary/aromatic N) is 2. The van der Waals surface area contributed by atoms with Gasteiger partial charge in [0, 0.05) is 23.8 Å². The van der Waals surface area contributed by atoms with Crippen LogP contribution in [0.2, 0.25) is 0 Å². The lowest BCUT2D eigenvalue weighted by Crippen LogP contribution is -2.47. The van der Waals surface area contributed by atoms with Gasteiger partial charge in [0.25, 0.3) is 5.91 Å². The van der Waals surface area contributed by atoms with Crippen LogP contribution >= 0.6 is 0 Å². The Balaban J connectivity index is 1.81. The first kappa shape index (κ1) is 22.7. The Kier molecular flexibility index (Phi) is 6.87. The maximum atomic E-state index is 14.6. The molecule has 2 amide bonds. The van der Waals surface area contributed by atoms with Crippen molar-refractivity contribution in [1.82, 2.24) is 0 Å². The molecule has 0 fully saturated rings. The van der Waals surface area contributed by atoms with Crippen molar-refractivity contribution < 1.29 is 14.0 Å². The highest BCUT2D eigenvalue weighted by Crippen LogP contribution is 2.43. The van der Waals surface area contributed by atoms with Crippen molar-refractivity contribution in [3.8, 4) is 0 Å². The van der Waals surface area contributed by atoms with Gasteiger partial charge in [-0.2, -0.15) is 0 Å². The average Bonchev–Trinajstić information content (AvgIpc) is 2.83. The average molecular weight is 445 g/mol. The zero-order valence-corrected chi connectivity index (χ0v) is 19.1. The van der Waals surface area contributed by atoms with Crippen molar-refractivity contribution in [2.75, 3.05) is 9.80 Å². The molecule has 0 aliphatic carbocycles. The third-order valence-electron chi connectivity index (χ3n) is 6.24. The summed E-state index contributed by atoms with van der Waals surface area (Å²) in [6.07, 6.45) is 2.85. The van der Waals surface area contributed by atoms with Gasteiger partial charge in [-0.25, -0.2) is 4.39 Å². The molecule has 0 radical (unpaired) electrons. The second kappa shape index (κ2) is 9.99. The number of carbonyl (C=O) groups is 2. The fourth-order valence-corrected chi connectivity index (χ4v) is 4.65. The standard InChI is InChI=1S/C28H29FN2O2/c1-3-4-18-27(32)30-20(2)19-26(23-15-9-11-17-25(23)30)31(21-12-6-5-7-13-21)28(33)22-14-8-10-16-24(22)29/h5-17,20,26H,3-4,18-19H2,1-2H3/t20-,26-/m0/s1. The van der Waals surface area contributed by atoms with E-state index in [4.69, 9.17) is 0 Å². The predicted molar refractivity (Wildman–Crippen MR) is 130 cm³/mol. The number of halogens is 1. The quantitative estimate of drug-likeness (QED) is 0.434. The van der Waals surface area contributed by atoms with E-state index in [0.29, 0.717) is 18.5 Å². The molecule has 2 atom stereocenters. The lowest BCUT2D eigenvalue weighted by Gasteiger charge is -2.43. The van der Waals surface area contributed by atoms with E-state index in [2.05, 4.69) is 6.92 Å². The van der Waals surface area contributed by atoms with Crippen molar-refractivity contribution in [1.29, 1.82) is 0 Å². The number of para-hydroxylation sites is 2. The molecule has 3 aromatic rings. The number of benzene rings is 3. The summed E-state index contributed by atoms with van der Waals surface area (Å²) in [5.41, 5.74) is 2.45. The monoisotopic (exact) mass is 444 g/mol. The Hall–Kier alpha value is -3.47. The van der Waals surface area contributed by atoms with Gasteiger partial charge in [0.05, 0.1) is 11.6 Å². The molecule has 1 aliphatic heterocycles. The molecule has 0 spiro atoms. The van der Waals surface area contributed by atoms with Crippen molar-refractivity contribution in [3.63, 3.8) is 0 Å². The highest BCUT2D eigenvalue weighted by Gasteiger charge is 2.38. The van der Waals surface area contributed by atoms with Crippen LogP contribution in [0, 0.1) is 5.82 Å². The molecule has 0 saturated heterocycles. The van der Waals surface area contributed by atoms with E-state index < -0.39 is 11.7 Å². The predicted octanol–water partition coefficient (Wildman–Crippen LogP) is 6.53. The minimum atomic E-state index is -0.544. The van der Waals surface area contributed by atoms with Crippen LogP contribution in [0.4, 0.5) is 15.8 Å². The van der Waals surface area contributed by atoms with Gasteiger partial charge >= 0.3 is 0 Å². The minimum absolute atomic E-state index is 0.0351. The van der Waals surface area contributed by atoms with E-state index in [-0.39, 0.29) is 23.6 Å². The first-order chi connectivity index (χ1) is 16.0. The summed E-state index contributed by atoms with van der Waals surface area (Å²) in [5.74, 6) is -0.837. The lowest BCUT2D eigenvalue weighted by atomic mass is 9.89. The van der Waals surface area contributed by atoms with Gasteiger partial charge in [-0.15, -0.1) is 0 Å². The maximum absolute atomic E-state index is 14.6. The van der Waals surface area contributed by atoms with Gasteiger partial charge in [0.15, 0.2) is 0 Å². The number of hydrogen-bond donors (Lipinski definition) is 0. The summed E-state index contributed by atoms with van der Waals surface area (Å²) in [5, 5.41) is 0. The Bertz CT molecular complexity index is 1130. The van der Waals surface area contributed by atoms with Crippen LogP contribution in [0.5, 0.6) is 0 Å². The molecule has 0 aromatic heterocycles. The zero-order chi connectivity index (χ0) is 23.4. The van der Waals surface area contributed by atoms with Crippen LogP contribution < -0.4 is 9.80 Å². The Morgan fingerprint density at radius 2 is 1.64 bits per heavy atom. The summed E-state index contributed by atoms with van der Waals surface area (Å²) in [6.45, 7) is 4.09. The van der Waals surface area contributed by atoms with E-state index in [1.165, 1.54) is 12.1 Å². The first-order valence-corrected chi connectivity index (χ1v) is 11.6. The number of rotatable bonds is 6. The summed E-state index contributed by atoms with van der Waals surface area (Å²) in [7, 11) is 0. The number of anilines is 2. The van der Waals surface area contributed by atoms with Crippen molar-refractivity contribution in [2.24, 2.45) is 0 Å². The maximum Gasteiger partial charge on any atom is 0.261 e. The molecule has 1 heterocycles. The lowest BCUT2D eigenvalue weighted by molar-refractivity contribution is -0.119.